The number of hydrogen-bond donors (Lipinski definition) is 5. The van der Waals surface area contributed by atoms with Gasteiger partial charge in [0, 0.05) is 26.6 Å². The average molecular weight is 607 g/mol. The number of aliphatic hydroxyl groups excluding tert-OH is 1. The van der Waals surface area contributed by atoms with Crippen LogP contribution in [0.1, 0.15) is 61.6 Å². The van der Waals surface area contributed by atoms with E-state index >= 15 is 0 Å². The van der Waals surface area contributed by atoms with Gasteiger partial charge in [-0.05, 0) is 73.3 Å². The quantitative estimate of drug-likeness (QED) is 0.360. The molecule has 2 heterocycles. The van der Waals surface area contributed by atoms with E-state index in [9.17, 15) is 24.6 Å². The summed E-state index contributed by atoms with van der Waals surface area (Å²) in [5.74, 6) is -0.0653. The first-order chi connectivity index (χ1) is 21.3. The predicted octanol–water partition coefficient (Wildman–Crippen LogP) is 2.23. The molecule has 2 bridgehead atoms. The lowest BCUT2D eigenvalue weighted by Crippen LogP contribution is -2.60. The number of para-hydroxylation sites is 1. The summed E-state index contributed by atoms with van der Waals surface area (Å²) in [5, 5.41) is 29.3. The Hall–Kier alpha value is -3.63. The van der Waals surface area contributed by atoms with Crippen molar-refractivity contribution in [1.29, 1.82) is 0 Å². The number of benzene rings is 2. The maximum absolute atomic E-state index is 14.1. The van der Waals surface area contributed by atoms with Crippen LogP contribution >= 0.6 is 0 Å². The molecule has 1 aliphatic carbocycles. The van der Waals surface area contributed by atoms with Gasteiger partial charge in [-0.25, -0.2) is 0 Å². The molecule has 238 valence electrons. The van der Waals surface area contributed by atoms with E-state index in [1.165, 1.54) is 22.6 Å². The first-order valence-electron chi connectivity index (χ1n) is 16.1. The molecule has 5 N–H and O–H groups in total. The largest absolute Gasteiger partial charge is 0.508 e. The number of phenols is 1. The summed E-state index contributed by atoms with van der Waals surface area (Å²) in [6, 6.07) is 10.1. The molecule has 1 saturated carbocycles. The second kappa shape index (κ2) is 14.9. The maximum Gasteiger partial charge on any atom is 0.245 e. The Morgan fingerprint density at radius 3 is 2.36 bits per heavy atom. The van der Waals surface area contributed by atoms with Gasteiger partial charge in [0.15, 0.2) is 0 Å². The Bertz CT molecular complexity index is 1300. The van der Waals surface area contributed by atoms with E-state index in [0.717, 1.165) is 68.2 Å². The fourth-order valence-electron chi connectivity index (χ4n) is 6.76. The minimum absolute atomic E-state index is 0.0935. The number of rotatable bonds is 4. The Morgan fingerprint density at radius 1 is 0.909 bits per heavy atom. The van der Waals surface area contributed by atoms with E-state index < -0.39 is 30.6 Å². The van der Waals surface area contributed by atoms with Gasteiger partial charge in [0.05, 0.1) is 12.6 Å². The SMILES string of the molecule is CN1C(=O)[C@@H](C2CCCCC2)NCC2CCc3cccc(c3O2)CCCNC(=O)[C@H](Cc2ccc(O)cc2)NC(=O)[C@H]1CO. The van der Waals surface area contributed by atoms with E-state index in [1.54, 1.807) is 19.2 Å². The van der Waals surface area contributed by atoms with E-state index in [1.807, 2.05) is 0 Å². The van der Waals surface area contributed by atoms with Gasteiger partial charge in [0.1, 0.15) is 29.7 Å². The Morgan fingerprint density at radius 2 is 1.64 bits per heavy atom. The van der Waals surface area contributed by atoms with Crippen LogP contribution in [0.25, 0.3) is 0 Å². The highest BCUT2D eigenvalue weighted by molar-refractivity contribution is 5.93. The average Bonchev–Trinajstić information content (AvgIpc) is 3.04. The summed E-state index contributed by atoms with van der Waals surface area (Å²) in [5.41, 5.74) is 3.03. The smallest absolute Gasteiger partial charge is 0.245 e. The fraction of sp³-hybridized carbons (Fsp3) is 0.559. The van der Waals surface area contributed by atoms with Crippen LogP contribution in [-0.4, -0.2) is 83.8 Å². The van der Waals surface area contributed by atoms with Gasteiger partial charge in [-0.1, -0.05) is 49.6 Å². The van der Waals surface area contributed by atoms with Crippen LogP contribution in [0.3, 0.4) is 0 Å². The molecule has 5 rings (SSSR count). The number of nitrogens with one attached hydrogen (secondary N) is 3. The Kier molecular flexibility index (Phi) is 10.8. The molecule has 0 radical (unpaired) electrons. The first-order valence-corrected chi connectivity index (χ1v) is 16.1. The zero-order valence-electron chi connectivity index (χ0n) is 25.6. The summed E-state index contributed by atoms with van der Waals surface area (Å²) >= 11 is 0. The van der Waals surface area contributed by atoms with Gasteiger partial charge in [0.25, 0.3) is 0 Å². The minimum Gasteiger partial charge on any atom is -0.508 e. The number of ether oxygens (including phenoxy) is 1. The van der Waals surface area contributed by atoms with Crippen molar-refractivity contribution in [2.24, 2.45) is 5.92 Å². The number of amides is 3. The number of aryl methyl sites for hydroxylation is 2. The number of nitrogens with zero attached hydrogens (tertiary/aromatic N) is 1. The van der Waals surface area contributed by atoms with Crippen molar-refractivity contribution in [3.63, 3.8) is 0 Å². The number of phenolic OH excluding ortho intramolecular Hbond substituents is 1. The van der Waals surface area contributed by atoms with Crippen molar-refractivity contribution in [2.45, 2.75) is 88.4 Å². The zero-order chi connectivity index (χ0) is 31.1. The fourth-order valence-corrected chi connectivity index (χ4v) is 6.76. The molecule has 0 spiro atoms. The third kappa shape index (κ3) is 7.71. The van der Waals surface area contributed by atoms with Gasteiger partial charge in [0.2, 0.25) is 17.7 Å². The third-order valence-electron chi connectivity index (χ3n) is 9.37. The molecule has 1 unspecified atom stereocenters. The number of carbonyl (C=O) groups is 3. The van der Waals surface area contributed by atoms with Gasteiger partial charge in [-0.3, -0.25) is 14.4 Å². The number of carbonyl (C=O) groups excluding carboxylic acids is 3. The standard InChI is InChI=1S/C34H46N4O6/c1-38-29(21-39)33(42)37-28(19-22-12-15-26(40)16-13-22)32(41)35-18-6-11-24-9-5-10-25-14-17-27(44-31(24)25)20-36-30(34(38)43)23-7-3-2-4-8-23/h5,9-10,12-13,15-16,23,27-30,36,39-40H,2-4,6-8,11,14,17-21H2,1H3,(H,35,41)(H,37,42)/t27?,28-,29+,30+/m0/s1. The zero-order valence-corrected chi connectivity index (χ0v) is 25.6. The summed E-state index contributed by atoms with van der Waals surface area (Å²) in [7, 11) is 1.55. The van der Waals surface area contributed by atoms with Crippen LogP contribution in [0.2, 0.25) is 0 Å². The number of aliphatic hydroxyl groups is 1. The molecular weight excluding hydrogens is 560 g/mol. The second-order valence-corrected chi connectivity index (χ2v) is 12.4. The lowest BCUT2D eigenvalue weighted by molar-refractivity contribution is -0.144. The molecule has 10 heteroatoms. The van der Waals surface area contributed by atoms with Gasteiger partial charge < -0.3 is 35.8 Å². The third-order valence-corrected chi connectivity index (χ3v) is 9.37. The molecule has 0 saturated heterocycles. The molecule has 44 heavy (non-hydrogen) atoms. The van der Waals surface area contributed by atoms with E-state index in [4.69, 9.17) is 4.74 Å². The molecule has 3 aliphatic rings. The molecule has 10 nitrogen and oxygen atoms in total. The monoisotopic (exact) mass is 606 g/mol. The van der Waals surface area contributed by atoms with Crippen LogP contribution in [0.15, 0.2) is 42.5 Å². The maximum atomic E-state index is 14.1. The predicted molar refractivity (Wildman–Crippen MR) is 166 cm³/mol. The lowest BCUT2D eigenvalue weighted by atomic mass is 9.83. The highest BCUT2D eigenvalue weighted by Crippen LogP contribution is 2.33. The van der Waals surface area contributed by atoms with Gasteiger partial charge in [-0.2, -0.15) is 0 Å². The minimum atomic E-state index is -1.16. The molecular formula is C34H46N4O6. The number of hydrogen-bond acceptors (Lipinski definition) is 7. The van der Waals surface area contributed by atoms with Crippen molar-refractivity contribution in [3.05, 3.63) is 59.2 Å². The van der Waals surface area contributed by atoms with Crippen molar-refractivity contribution >= 4 is 17.7 Å². The van der Waals surface area contributed by atoms with Gasteiger partial charge >= 0.3 is 0 Å². The Labute approximate surface area is 259 Å². The molecule has 2 aromatic rings. The molecule has 3 amide bonds. The molecule has 4 atom stereocenters. The lowest BCUT2D eigenvalue weighted by Gasteiger charge is -2.37. The number of likely N-dealkylation sites (N-methyl/N-ethyl adjacent to an activating group) is 1. The van der Waals surface area contributed by atoms with E-state index in [2.05, 4.69) is 34.1 Å². The van der Waals surface area contributed by atoms with E-state index in [-0.39, 0.29) is 36.0 Å². The number of aromatic hydroxyl groups is 1. The summed E-state index contributed by atoms with van der Waals surface area (Å²) in [6.45, 7) is 0.333. The van der Waals surface area contributed by atoms with Crippen LogP contribution in [-0.2, 0) is 33.6 Å². The van der Waals surface area contributed by atoms with Crippen LogP contribution in [0, 0.1) is 5.92 Å². The van der Waals surface area contributed by atoms with Crippen molar-refractivity contribution < 1.29 is 29.3 Å². The summed E-state index contributed by atoms with van der Waals surface area (Å²) in [6.07, 6.45) is 8.30. The van der Waals surface area contributed by atoms with Crippen LogP contribution in [0.4, 0.5) is 0 Å². The first kappa shape index (κ1) is 31.8. The molecule has 2 aromatic carbocycles. The normalized spacial score (nSPS) is 26.1. The second-order valence-electron chi connectivity index (χ2n) is 12.4. The molecule has 0 aromatic heterocycles. The van der Waals surface area contributed by atoms with E-state index in [0.29, 0.717) is 19.5 Å². The molecule has 2 aliphatic heterocycles. The highest BCUT2D eigenvalue weighted by atomic mass is 16.5. The van der Waals surface area contributed by atoms with Crippen LogP contribution < -0.4 is 20.7 Å². The van der Waals surface area contributed by atoms with Crippen molar-refractivity contribution in [1.82, 2.24) is 20.9 Å². The molecule has 1 fully saturated rings. The topological polar surface area (TPSA) is 140 Å². The van der Waals surface area contributed by atoms with Crippen molar-refractivity contribution in [2.75, 3.05) is 26.7 Å². The summed E-state index contributed by atoms with van der Waals surface area (Å²) in [4.78, 5) is 42.4. The summed E-state index contributed by atoms with van der Waals surface area (Å²) < 4.78 is 6.53. The highest BCUT2D eigenvalue weighted by Gasteiger charge is 2.37. The van der Waals surface area contributed by atoms with Gasteiger partial charge in [-0.15, -0.1) is 0 Å². The van der Waals surface area contributed by atoms with Crippen molar-refractivity contribution in [3.8, 4) is 11.5 Å². The Balaban J connectivity index is 1.43. The number of fused-ring (bicyclic) bond motifs is 1. The van der Waals surface area contributed by atoms with Crippen LogP contribution in [0.5, 0.6) is 11.5 Å².